The predicted octanol–water partition coefficient (Wildman–Crippen LogP) is 2.63. The van der Waals surface area contributed by atoms with Gasteiger partial charge in [0.05, 0.1) is 6.61 Å². The van der Waals surface area contributed by atoms with Gasteiger partial charge in [-0.15, -0.1) is 0 Å². The van der Waals surface area contributed by atoms with E-state index in [1.807, 2.05) is 0 Å². The van der Waals surface area contributed by atoms with Gasteiger partial charge in [-0.3, -0.25) is 4.90 Å². The molecule has 100 valence electrons. The van der Waals surface area contributed by atoms with E-state index in [1.54, 1.807) is 0 Å². The fourth-order valence-electron chi connectivity index (χ4n) is 2.81. The molecule has 2 fully saturated rings. The van der Waals surface area contributed by atoms with Crippen molar-refractivity contribution >= 4 is 11.8 Å². The zero-order valence-electron chi connectivity index (χ0n) is 10.1. The van der Waals surface area contributed by atoms with Crippen LogP contribution in [-0.4, -0.2) is 54.7 Å². The first-order valence-corrected chi connectivity index (χ1v) is 7.54. The first-order valence-electron chi connectivity index (χ1n) is 6.49. The van der Waals surface area contributed by atoms with Crippen LogP contribution in [0.5, 0.6) is 0 Å². The average molecular weight is 265 g/mol. The highest BCUT2D eigenvalue weighted by atomic mass is 32.2. The molecular formula is C12H21F2NOS. The summed E-state index contributed by atoms with van der Waals surface area (Å²) in [6.07, 6.45) is 2.92. The molecule has 1 aliphatic heterocycles. The van der Waals surface area contributed by atoms with Crippen molar-refractivity contribution in [2.45, 2.75) is 43.4 Å². The molecule has 0 radical (unpaired) electrons. The summed E-state index contributed by atoms with van der Waals surface area (Å²) in [5.74, 6) is 1.18. The summed E-state index contributed by atoms with van der Waals surface area (Å²) in [6, 6.07) is 0.664. The number of fused-ring (bicyclic) bond motifs is 1. The second-order valence-electron chi connectivity index (χ2n) is 4.76. The molecule has 17 heavy (non-hydrogen) atoms. The van der Waals surface area contributed by atoms with E-state index in [-0.39, 0.29) is 0 Å². The maximum atomic E-state index is 11.9. The van der Waals surface area contributed by atoms with Gasteiger partial charge in [0.15, 0.2) is 0 Å². The third kappa shape index (κ3) is 4.07. The second kappa shape index (κ2) is 6.90. The lowest BCUT2D eigenvalue weighted by atomic mass is 9.93. The van der Waals surface area contributed by atoms with Gasteiger partial charge in [-0.2, -0.15) is 11.8 Å². The number of alkyl halides is 2. The van der Waals surface area contributed by atoms with E-state index < -0.39 is 13.0 Å². The van der Waals surface area contributed by atoms with Crippen molar-refractivity contribution in [2.75, 3.05) is 32.1 Å². The Bertz CT molecular complexity index is 229. The Morgan fingerprint density at radius 2 is 2.12 bits per heavy atom. The quantitative estimate of drug-likeness (QED) is 0.709. The van der Waals surface area contributed by atoms with Crippen LogP contribution in [0.3, 0.4) is 0 Å². The van der Waals surface area contributed by atoms with E-state index in [0.29, 0.717) is 12.6 Å². The van der Waals surface area contributed by atoms with Crippen molar-refractivity contribution in [1.82, 2.24) is 4.90 Å². The van der Waals surface area contributed by atoms with E-state index >= 15 is 0 Å². The zero-order valence-corrected chi connectivity index (χ0v) is 10.9. The molecule has 2 aliphatic rings. The molecule has 0 amide bonds. The Morgan fingerprint density at radius 1 is 1.29 bits per heavy atom. The highest BCUT2D eigenvalue weighted by Gasteiger charge is 2.33. The third-order valence-electron chi connectivity index (χ3n) is 3.61. The molecule has 5 heteroatoms. The van der Waals surface area contributed by atoms with E-state index in [9.17, 15) is 8.78 Å². The molecule has 0 aromatic carbocycles. The molecule has 2 rings (SSSR count). The van der Waals surface area contributed by atoms with Crippen LogP contribution in [0.2, 0.25) is 0 Å². The van der Waals surface area contributed by atoms with Crippen LogP contribution in [0.1, 0.15) is 25.7 Å². The van der Waals surface area contributed by atoms with Gasteiger partial charge in [0.2, 0.25) is 0 Å². The molecule has 0 N–H and O–H groups in total. The molecule has 2 atom stereocenters. The lowest BCUT2D eigenvalue weighted by Crippen LogP contribution is -2.50. The van der Waals surface area contributed by atoms with Crippen molar-refractivity contribution in [3.8, 4) is 0 Å². The second-order valence-corrected chi connectivity index (χ2v) is 6.11. The van der Waals surface area contributed by atoms with E-state index in [0.717, 1.165) is 18.3 Å². The Kier molecular flexibility index (Phi) is 5.50. The van der Waals surface area contributed by atoms with Gasteiger partial charge in [0.25, 0.3) is 6.43 Å². The molecule has 0 aromatic heterocycles. The largest absolute Gasteiger partial charge is 0.374 e. The van der Waals surface area contributed by atoms with Gasteiger partial charge in [0.1, 0.15) is 6.61 Å². The van der Waals surface area contributed by atoms with Crippen molar-refractivity contribution in [3.05, 3.63) is 0 Å². The minimum absolute atomic E-state index is 0.420. The van der Waals surface area contributed by atoms with Crippen LogP contribution in [0.25, 0.3) is 0 Å². The van der Waals surface area contributed by atoms with E-state index in [1.165, 1.54) is 31.4 Å². The van der Waals surface area contributed by atoms with Crippen LogP contribution >= 0.6 is 11.8 Å². The maximum absolute atomic E-state index is 11.9. The highest BCUT2D eigenvalue weighted by molar-refractivity contribution is 8.00. The summed E-state index contributed by atoms with van der Waals surface area (Å²) in [4.78, 5) is 2.45. The zero-order chi connectivity index (χ0) is 12.1. The Hall–Kier alpha value is 0.130. The summed E-state index contributed by atoms with van der Waals surface area (Å²) in [5.41, 5.74) is 0. The third-order valence-corrected chi connectivity index (χ3v) is 5.01. The fourth-order valence-corrected chi connectivity index (χ4v) is 4.31. The van der Waals surface area contributed by atoms with Crippen LogP contribution in [0.15, 0.2) is 0 Å². The Morgan fingerprint density at radius 3 is 2.94 bits per heavy atom. The lowest BCUT2D eigenvalue weighted by molar-refractivity contribution is 0.00454. The van der Waals surface area contributed by atoms with Gasteiger partial charge in [-0.05, 0) is 12.8 Å². The van der Waals surface area contributed by atoms with Crippen LogP contribution in [0, 0.1) is 0 Å². The van der Waals surface area contributed by atoms with Crippen molar-refractivity contribution in [3.63, 3.8) is 0 Å². The standard InChI is InChI=1S/C12H21F2NOS/c13-12(14)9-16-7-5-15-6-8-17-11-4-2-1-3-10(11)15/h10-12H,1-9H2/t10-,11+/m0/s1. The summed E-state index contributed by atoms with van der Waals surface area (Å²) in [7, 11) is 0. The molecule has 0 bridgehead atoms. The van der Waals surface area contributed by atoms with Gasteiger partial charge in [-0.25, -0.2) is 8.78 Å². The molecule has 1 heterocycles. The number of halogens is 2. The van der Waals surface area contributed by atoms with Crippen LogP contribution < -0.4 is 0 Å². The van der Waals surface area contributed by atoms with Crippen LogP contribution in [0.4, 0.5) is 8.78 Å². The molecule has 1 saturated heterocycles. The first-order chi connectivity index (χ1) is 8.27. The fraction of sp³-hybridized carbons (Fsp3) is 1.00. The minimum Gasteiger partial charge on any atom is -0.374 e. The van der Waals surface area contributed by atoms with Crippen molar-refractivity contribution in [2.24, 2.45) is 0 Å². The summed E-state index contributed by atoms with van der Waals surface area (Å²) in [6.45, 7) is 1.92. The van der Waals surface area contributed by atoms with Crippen molar-refractivity contribution in [1.29, 1.82) is 0 Å². The SMILES string of the molecule is FC(F)COCCN1CCS[C@@H]2CCCC[C@@H]21. The predicted molar refractivity (Wildman–Crippen MR) is 66.9 cm³/mol. The number of hydrogen-bond donors (Lipinski definition) is 0. The lowest BCUT2D eigenvalue weighted by Gasteiger charge is -2.43. The first kappa shape index (κ1) is 13.6. The molecule has 1 aliphatic carbocycles. The summed E-state index contributed by atoms with van der Waals surface area (Å²) < 4.78 is 28.8. The van der Waals surface area contributed by atoms with Gasteiger partial charge >= 0.3 is 0 Å². The Balaban J connectivity index is 1.71. The summed E-state index contributed by atoms with van der Waals surface area (Å²) >= 11 is 2.09. The molecule has 0 spiro atoms. The monoisotopic (exact) mass is 265 g/mol. The summed E-state index contributed by atoms with van der Waals surface area (Å²) in [5, 5.41) is 0.771. The molecule has 2 nitrogen and oxygen atoms in total. The highest BCUT2D eigenvalue weighted by Crippen LogP contribution is 2.35. The molecule has 1 saturated carbocycles. The number of rotatable bonds is 5. The van der Waals surface area contributed by atoms with Gasteiger partial charge in [-0.1, -0.05) is 12.8 Å². The van der Waals surface area contributed by atoms with E-state index in [2.05, 4.69) is 16.7 Å². The average Bonchev–Trinajstić information content (AvgIpc) is 2.34. The maximum Gasteiger partial charge on any atom is 0.261 e. The smallest absolute Gasteiger partial charge is 0.261 e. The molecule has 0 unspecified atom stereocenters. The number of nitrogens with zero attached hydrogens (tertiary/aromatic N) is 1. The van der Waals surface area contributed by atoms with Crippen LogP contribution in [-0.2, 0) is 4.74 Å². The van der Waals surface area contributed by atoms with Crippen molar-refractivity contribution < 1.29 is 13.5 Å². The number of hydrogen-bond acceptors (Lipinski definition) is 3. The van der Waals surface area contributed by atoms with Gasteiger partial charge < -0.3 is 4.74 Å². The normalized spacial score (nSPS) is 30.5. The van der Waals surface area contributed by atoms with Gasteiger partial charge in [0, 0.05) is 30.1 Å². The Labute approximate surface area is 106 Å². The number of ether oxygens (including phenoxy) is 1. The molecule has 0 aromatic rings. The topological polar surface area (TPSA) is 12.5 Å². The minimum atomic E-state index is -2.34. The number of thioether (sulfide) groups is 1. The van der Waals surface area contributed by atoms with E-state index in [4.69, 9.17) is 4.74 Å². The molecular weight excluding hydrogens is 244 g/mol.